The molecule has 1 aliphatic rings. The fourth-order valence-corrected chi connectivity index (χ4v) is 2.67. The van der Waals surface area contributed by atoms with Crippen LogP contribution in [-0.2, 0) is 11.3 Å². The number of carbonyl (C=O) groups excluding carboxylic acids is 1. The molecule has 0 aliphatic carbocycles. The molecule has 1 aromatic rings. The van der Waals surface area contributed by atoms with Crippen LogP contribution in [0.3, 0.4) is 0 Å². The van der Waals surface area contributed by atoms with E-state index in [1.54, 1.807) is 0 Å². The van der Waals surface area contributed by atoms with Crippen molar-refractivity contribution in [3.05, 3.63) is 35.9 Å². The number of nitrogens with zero attached hydrogens (tertiary/aromatic N) is 1. The molecule has 0 aromatic heterocycles. The summed E-state index contributed by atoms with van der Waals surface area (Å²) in [7, 11) is 0. The van der Waals surface area contributed by atoms with Crippen molar-refractivity contribution in [1.82, 2.24) is 4.90 Å². The molecule has 0 radical (unpaired) electrons. The molecule has 128 valence electrons. The van der Waals surface area contributed by atoms with Crippen LogP contribution in [0.15, 0.2) is 30.3 Å². The van der Waals surface area contributed by atoms with E-state index in [-0.39, 0.29) is 32.5 Å². The molecule has 1 aliphatic heterocycles. The summed E-state index contributed by atoms with van der Waals surface area (Å²) in [5, 5.41) is 9.69. The van der Waals surface area contributed by atoms with Gasteiger partial charge in [0.05, 0.1) is 0 Å². The van der Waals surface area contributed by atoms with Gasteiger partial charge in [-0.05, 0) is 31.2 Å². The topological polar surface area (TPSA) is 49.8 Å². The molecule has 1 amide bonds. The Kier molecular flexibility index (Phi) is 5.19. The monoisotopic (exact) mass is 331 g/mol. The maximum atomic E-state index is 12.8. The van der Waals surface area contributed by atoms with Crippen molar-refractivity contribution in [3.8, 4) is 0 Å². The third kappa shape index (κ3) is 4.16. The summed E-state index contributed by atoms with van der Waals surface area (Å²) in [6.45, 7) is 1.20. The molecule has 7 heteroatoms. The van der Waals surface area contributed by atoms with E-state index in [0.29, 0.717) is 0 Å². The number of likely N-dealkylation sites (tertiary alicyclic amines) is 1. The zero-order chi connectivity index (χ0) is 17.1. The number of aliphatic hydroxyl groups is 1. The summed E-state index contributed by atoms with van der Waals surface area (Å²) in [4.78, 5) is 13.3. The minimum atomic E-state index is -4.67. The average Bonchev–Trinajstić information content (AvgIpc) is 2.52. The van der Waals surface area contributed by atoms with Crippen molar-refractivity contribution < 1.29 is 27.8 Å². The minimum Gasteiger partial charge on any atom is -0.445 e. The number of carbonyl (C=O) groups is 1. The number of amides is 1. The van der Waals surface area contributed by atoms with E-state index in [9.17, 15) is 23.1 Å². The van der Waals surface area contributed by atoms with Crippen molar-refractivity contribution in [2.24, 2.45) is 5.92 Å². The van der Waals surface area contributed by atoms with Gasteiger partial charge in [0.2, 0.25) is 0 Å². The van der Waals surface area contributed by atoms with Crippen LogP contribution in [0.2, 0.25) is 0 Å². The second kappa shape index (κ2) is 6.78. The number of halogens is 3. The van der Waals surface area contributed by atoms with Crippen molar-refractivity contribution in [1.29, 1.82) is 0 Å². The van der Waals surface area contributed by atoms with Gasteiger partial charge in [0, 0.05) is 13.1 Å². The molecule has 0 saturated carbocycles. The first-order chi connectivity index (χ1) is 10.7. The first-order valence-electron chi connectivity index (χ1n) is 7.46. The molecule has 0 spiro atoms. The van der Waals surface area contributed by atoms with Crippen LogP contribution in [0.4, 0.5) is 18.0 Å². The predicted molar refractivity (Wildman–Crippen MR) is 77.6 cm³/mol. The zero-order valence-corrected chi connectivity index (χ0v) is 12.8. The van der Waals surface area contributed by atoms with Crippen LogP contribution in [-0.4, -0.2) is 41.0 Å². The van der Waals surface area contributed by atoms with E-state index in [1.807, 2.05) is 30.3 Å². The van der Waals surface area contributed by atoms with Gasteiger partial charge in [-0.25, -0.2) is 4.79 Å². The molecule has 1 fully saturated rings. The van der Waals surface area contributed by atoms with Gasteiger partial charge in [-0.15, -0.1) is 0 Å². The van der Waals surface area contributed by atoms with E-state index in [4.69, 9.17) is 4.74 Å². The first-order valence-corrected chi connectivity index (χ1v) is 7.46. The van der Waals surface area contributed by atoms with Gasteiger partial charge in [-0.1, -0.05) is 30.3 Å². The lowest BCUT2D eigenvalue weighted by atomic mass is 9.81. The largest absolute Gasteiger partial charge is 0.445 e. The highest BCUT2D eigenvalue weighted by molar-refractivity contribution is 5.67. The molecule has 1 unspecified atom stereocenters. The average molecular weight is 331 g/mol. The van der Waals surface area contributed by atoms with E-state index in [2.05, 4.69) is 0 Å². The summed E-state index contributed by atoms with van der Waals surface area (Å²) >= 11 is 0. The molecule has 1 aromatic carbocycles. The van der Waals surface area contributed by atoms with Gasteiger partial charge in [-0.2, -0.15) is 13.2 Å². The van der Waals surface area contributed by atoms with Gasteiger partial charge >= 0.3 is 12.3 Å². The molecule has 2 rings (SSSR count). The van der Waals surface area contributed by atoms with Crippen molar-refractivity contribution >= 4 is 6.09 Å². The van der Waals surface area contributed by atoms with Gasteiger partial charge in [0.25, 0.3) is 0 Å². The zero-order valence-electron chi connectivity index (χ0n) is 12.8. The number of hydrogen-bond donors (Lipinski definition) is 1. The van der Waals surface area contributed by atoms with E-state index >= 15 is 0 Å². The molecule has 1 atom stereocenters. The summed E-state index contributed by atoms with van der Waals surface area (Å²) < 4.78 is 43.6. The van der Waals surface area contributed by atoms with Crippen molar-refractivity contribution in [2.75, 3.05) is 13.1 Å². The van der Waals surface area contributed by atoms with E-state index in [0.717, 1.165) is 12.5 Å². The number of ether oxygens (including phenoxy) is 1. The molecule has 0 bridgehead atoms. The van der Waals surface area contributed by atoms with Crippen LogP contribution < -0.4 is 0 Å². The van der Waals surface area contributed by atoms with Crippen LogP contribution in [0, 0.1) is 5.92 Å². The maximum Gasteiger partial charge on any atom is 0.417 e. The Labute approximate surface area is 132 Å². The summed E-state index contributed by atoms with van der Waals surface area (Å²) in [5.74, 6) is -0.916. The normalized spacial score (nSPS) is 19.3. The molecular formula is C16H20F3NO3. The van der Waals surface area contributed by atoms with Crippen molar-refractivity contribution in [3.63, 3.8) is 0 Å². The summed E-state index contributed by atoms with van der Waals surface area (Å²) in [5.41, 5.74) is -1.89. The fourth-order valence-electron chi connectivity index (χ4n) is 2.67. The highest BCUT2D eigenvalue weighted by atomic mass is 19.4. The highest BCUT2D eigenvalue weighted by Gasteiger charge is 2.55. The minimum absolute atomic E-state index is 0.0902. The number of rotatable bonds is 3. The van der Waals surface area contributed by atoms with E-state index < -0.39 is 23.8 Å². The lowest BCUT2D eigenvalue weighted by Crippen LogP contribution is -2.53. The number of hydrogen-bond acceptors (Lipinski definition) is 3. The maximum absolute atomic E-state index is 12.8. The smallest absolute Gasteiger partial charge is 0.417 e. The van der Waals surface area contributed by atoms with Crippen LogP contribution in [0.25, 0.3) is 0 Å². The first kappa shape index (κ1) is 17.6. The third-order valence-corrected chi connectivity index (χ3v) is 4.33. The predicted octanol–water partition coefficient (Wildman–Crippen LogP) is 3.35. The van der Waals surface area contributed by atoms with Gasteiger partial charge in [-0.3, -0.25) is 0 Å². The number of alkyl halides is 3. The Hall–Kier alpha value is -1.76. The Morgan fingerprint density at radius 3 is 2.35 bits per heavy atom. The van der Waals surface area contributed by atoms with Crippen molar-refractivity contribution in [2.45, 2.75) is 38.1 Å². The lowest BCUT2D eigenvalue weighted by molar-refractivity contribution is -0.275. The van der Waals surface area contributed by atoms with Gasteiger partial charge in [0.15, 0.2) is 5.60 Å². The number of piperidine rings is 1. The summed E-state index contributed by atoms with van der Waals surface area (Å²) in [6.07, 6.45) is -5.04. The van der Waals surface area contributed by atoms with Gasteiger partial charge < -0.3 is 14.7 Å². The van der Waals surface area contributed by atoms with Crippen LogP contribution >= 0.6 is 0 Å². The van der Waals surface area contributed by atoms with E-state index in [1.165, 1.54) is 4.90 Å². The summed E-state index contributed by atoms with van der Waals surface area (Å²) in [6, 6.07) is 9.14. The molecule has 4 nitrogen and oxygen atoms in total. The highest BCUT2D eigenvalue weighted by Crippen LogP contribution is 2.40. The molecule has 1 saturated heterocycles. The Morgan fingerprint density at radius 2 is 1.83 bits per heavy atom. The number of benzene rings is 1. The van der Waals surface area contributed by atoms with Gasteiger partial charge in [0.1, 0.15) is 6.61 Å². The Balaban J connectivity index is 1.83. The second-order valence-corrected chi connectivity index (χ2v) is 5.95. The quantitative estimate of drug-likeness (QED) is 0.924. The molecular weight excluding hydrogens is 311 g/mol. The molecule has 1 heterocycles. The molecule has 1 N–H and O–H groups in total. The third-order valence-electron chi connectivity index (χ3n) is 4.33. The molecule has 23 heavy (non-hydrogen) atoms. The SMILES string of the molecule is CC(O)(C1CCN(C(=O)OCc2ccccc2)CC1)C(F)(F)F. The lowest BCUT2D eigenvalue weighted by Gasteiger charge is -2.39. The van der Waals surface area contributed by atoms with Crippen LogP contribution in [0.5, 0.6) is 0 Å². The second-order valence-electron chi connectivity index (χ2n) is 5.95. The van der Waals surface area contributed by atoms with Crippen LogP contribution in [0.1, 0.15) is 25.3 Å². The Bertz CT molecular complexity index is 523. The standard InChI is InChI=1S/C16H20F3NO3/c1-15(22,16(17,18)19)13-7-9-20(10-8-13)14(21)23-11-12-5-3-2-4-6-12/h2-6,13,22H,7-11H2,1H3. The Morgan fingerprint density at radius 1 is 1.26 bits per heavy atom. The fraction of sp³-hybridized carbons (Fsp3) is 0.562.